The summed E-state index contributed by atoms with van der Waals surface area (Å²) in [5.74, 6) is 2.84. The number of halogens is 1. The third-order valence-corrected chi connectivity index (χ3v) is 5.44. The largest absolute Gasteiger partial charge is 0.493 e. The SMILES string of the molecule is COc1ccc(-c2c(C)c(C)c(Cl)c3cc4c(cc23)OCO4)cc1OC. The molecular weight excluding hydrogens is 352 g/mol. The molecule has 1 aliphatic heterocycles. The van der Waals surface area contributed by atoms with Crippen LogP contribution in [0.1, 0.15) is 11.1 Å². The van der Waals surface area contributed by atoms with Gasteiger partial charge in [0.1, 0.15) is 0 Å². The number of hydrogen-bond donors (Lipinski definition) is 0. The van der Waals surface area contributed by atoms with E-state index in [2.05, 4.69) is 6.92 Å². The van der Waals surface area contributed by atoms with Gasteiger partial charge in [0.15, 0.2) is 23.0 Å². The zero-order valence-electron chi connectivity index (χ0n) is 15.1. The number of methoxy groups -OCH3 is 2. The molecule has 0 atom stereocenters. The highest BCUT2D eigenvalue weighted by molar-refractivity contribution is 6.37. The molecule has 0 radical (unpaired) electrons. The summed E-state index contributed by atoms with van der Waals surface area (Å²) < 4.78 is 22.0. The topological polar surface area (TPSA) is 36.9 Å². The van der Waals surface area contributed by atoms with Crippen molar-refractivity contribution in [1.82, 2.24) is 0 Å². The van der Waals surface area contributed by atoms with Crippen molar-refractivity contribution in [2.75, 3.05) is 21.0 Å². The Kier molecular flexibility index (Phi) is 4.08. The summed E-state index contributed by atoms with van der Waals surface area (Å²) in [4.78, 5) is 0. The predicted molar refractivity (Wildman–Crippen MR) is 103 cm³/mol. The van der Waals surface area contributed by atoms with Gasteiger partial charge in [-0.2, -0.15) is 0 Å². The number of hydrogen-bond acceptors (Lipinski definition) is 4. The molecule has 3 aromatic rings. The third kappa shape index (κ3) is 2.44. The molecule has 26 heavy (non-hydrogen) atoms. The molecule has 0 N–H and O–H groups in total. The van der Waals surface area contributed by atoms with Gasteiger partial charge in [-0.05, 0) is 65.8 Å². The van der Waals surface area contributed by atoms with E-state index in [0.29, 0.717) is 11.5 Å². The Morgan fingerprint density at radius 2 is 1.50 bits per heavy atom. The van der Waals surface area contributed by atoms with Gasteiger partial charge in [-0.25, -0.2) is 0 Å². The molecule has 1 aliphatic rings. The van der Waals surface area contributed by atoms with Gasteiger partial charge in [0.2, 0.25) is 6.79 Å². The molecule has 1 heterocycles. The van der Waals surface area contributed by atoms with Gasteiger partial charge in [0.25, 0.3) is 0 Å². The molecule has 5 heteroatoms. The first kappa shape index (κ1) is 16.9. The summed E-state index contributed by atoms with van der Waals surface area (Å²) in [6.45, 7) is 4.34. The molecule has 0 saturated carbocycles. The summed E-state index contributed by atoms with van der Waals surface area (Å²) in [5, 5.41) is 2.71. The van der Waals surface area contributed by atoms with Crippen LogP contribution < -0.4 is 18.9 Å². The minimum absolute atomic E-state index is 0.229. The van der Waals surface area contributed by atoms with E-state index in [1.54, 1.807) is 14.2 Å². The van der Waals surface area contributed by atoms with Gasteiger partial charge in [0.05, 0.1) is 19.2 Å². The van der Waals surface area contributed by atoms with Crippen molar-refractivity contribution in [2.45, 2.75) is 13.8 Å². The average molecular weight is 371 g/mol. The van der Waals surface area contributed by atoms with Crippen molar-refractivity contribution in [3.63, 3.8) is 0 Å². The van der Waals surface area contributed by atoms with Gasteiger partial charge in [-0.3, -0.25) is 0 Å². The summed E-state index contributed by atoms with van der Waals surface area (Å²) in [6, 6.07) is 9.88. The second-order valence-electron chi connectivity index (χ2n) is 6.26. The second-order valence-corrected chi connectivity index (χ2v) is 6.64. The maximum absolute atomic E-state index is 6.66. The van der Waals surface area contributed by atoms with Gasteiger partial charge in [-0.1, -0.05) is 17.7 Å². The normalized spacial score (nSPS) is 12.5. The summed E-state index contributed by atoms with van der Waals surface area (Å²) in [5.41, 5.74) is 4.29. The first-order valence-electron chi connectivity index (χ1n) is 8.29. The van der Waals surface area contributed by atoms with Gasteiger partial charge < -0.3 is 18.9 Å². The van der Waals surface area contributed by atoms with Crippen LogP contribution in [0.5, 0.6) is 23.0 Å². The smallest absolute Gasteiger partial charge is 0.231 e. The molecule has 0 aromatic heterocycles. The van der Waals surface area contributed by atoms with Crippen molar-refractivity contribution in [3.8, 4) is 34.1 Å². The number of fused-ring (bicyclic) bond motifs is 2. The van der Waals surface area contributed by atoms with E-state index in [1.807, 2.05) is 37.3 Å². The molecular formula is C21H19ClO4. The lowest BCUT2D eigenvalue weighted by molar-refractivity contribution is 0.174. The molecule has 0 spiro atoms. The number of benzene rings is 3. The highest BCUT2D eigenvalue weighted by Gasteiger charge is 2.21. The van der Waals surface area contributed by atoms with E-state index in [9.17, 15) is 0 Å². The van der Waals surface area contributed by atoms with Crippen LogP contribution in [0.2, 0.25) is 5.02 Å². The molecule has 4 nitrogen and oxygen atoms in total. The Bertz CT molecular complexity index is 1030. The molecule has 0 fully saturated rings. The van der Waals surface area contributed by atoms with Gasteiger partial charge >= 0.3 is 0 Å². The Morgan fingerprint density at radius 1 is 0.846 bits per heavy atom. The lowest BCUT2D eigenvalue weighted by Crippen LogP contribution is -1.95. The van der Waals surface area contributed by atoms with E-state index in [4.69, 9.17) is 30.5 Å². The number of ether oxygens (including phenoxy) is 4. The molecule has 0 aliphatic carbocycles. The van der Waals surface area contributed by atoms with Gasteiger partial charge in [0, 0.05) is 5.39 Å². The zero-order chi connectivity index (χ0) is 18.4. The monoisotopic (exact) mass is 370 g/mol. The standard InChI is InChI=1S/C21H19ClO4/c1-11-12(2)21(22)15-9-19-18(25-10-26-19)8-14(15)20(11)13-5-6-16(23-3)17(7-13)24-4/h5-9H,10H2,1-4H3. The summed E-state index contributed by atoms with van der Waals surface area (Å²) in [6.07, 6.45) is 0. The molecule has 3 aromatic carbocycles. The van der Waals surface area contributed by atoms with Gasteiger partial charge in [-0.15, -0.1) is 0 Å². The highest BCUT2D eigenvalue weighted by Crippen LogP contribution is 2.46. The first-order valence-corrected chi connectivity index (χ1v) is 8.67. The maximum Gasteiger partial charge on any atom is 0.231 e. The Morgan fingerprint density at radius 3 is 2.15 bits per heavy atom. The molecule has 4 rings (SSSR count). The molecule has 134 valence electrons. The Hall–Kier alpha value is -2.59. The zero-order valence-corrected chi connectivity index (χ0v) is 15.9. The van der Waals surface area contributed by atoms with E-state index in [-0.39, 0.29) is 6.79 Å². The second kappa shape index (κ2) is 6.29. The third-order valence-electron chi connectivity index (χ3n) is 4.96. The van der Waals surface area contributed by atoms with Crippen LogP contribution in [-0.2, 0) is 0 Å². The van der Waals surface area contributed by atoms with Crippen LogP contribution >= 0.6 is 11.6 Å². The summed E-state index contributed by atoms with van der Waals surface area (Å²) >= 11 is 6.66. The molecule has 0 amide bonds. The van der Waals surface area contributed by atoms with Crippen molar-refractivity contribution >= 4 is 22.4 Å². The van der Waals surface area contributed by atoms with Crippen LogP contribution in [0.15, 0.2) is 30.3 Å². The first-order chi connectivity index (χ1) is 12.5. The fraction of sp³-hybridized carbons (Fsp3) is 0.238. The quantitative estimate of drug-likeness (QED) is 0.608. The van der Waals surface area contributed by atoms with Crippen LogP contribution in [0, 0.1) is 13.8 Å². The van der Waals surface area contributed by atoms with E-state index >= 15 is 0 Å². The minimum Gasteiger partial charge on any atom is -0.493 e. The van der Waals surface area contributed by atoms with Crippen molar-refractivity contribution in [2.24, 2.45) is 0 Å². The van der Waals surface area contributed by atoms with E-state index in [0.717, 1.165) is 49.5 Å². The maximum atomic E-state index is 6.66. The summed E-state index contributed by atoms with van der Waals surface area (Å²) in [7, 11) is 3.27. The van der Waals surface area contributed by atoms with Crippen molar-refractivity contribution < 1.29 is 18.9 Å². The van der Waals surface area contributed by atoms with E-state index in [1.165, 1.54) is 0 Å². The van der Waals surface area contributed by atoms with Crippen LogP contribution in [0.3, 0.4) is 0 Å². The lowest BCUT2D eigenvalue weighted by Gasteiger charge is -2.18. The fourth-order valence-electron chi connectivity index (χ4n) is 3.45. The Balaban J connectivity index is 2.06. The van der Waals surface area contributed by atoms with Crippen molar-refractivity contribution in [3.05, 3.63) is 46.5 Å². The molecule has 0 saturated heterocycles. The Labute approximate surface area is 157 Å². The number of rotatable bonds is 3. The average Bonchev–Trinajstić information content (AvgIpc) is 3.12. The van der Waals surface area contributed by atoms with Crippen molar-refractivity contribution in [1.29, 1.82) is 0 Å². The lowest BCUT2D eigenvalue weighted by atomic mass is 9.90. The fourth-order valence-corrected chi connectivity index (χ4v) is 3.75. The van der Waals surface area contributed by atoms with Crippen LogP contribution in [-0.4, -0.2) is 21.0 Å². The predicted octanol–water partition coefficient (Wildman–Crippen LogP) is 5.52. The van der Waals surface area contributed by atoms with Crippen LogP contribution in [0.25, 0.3) is 21.9 Å². The molecule has 0 bridgehead atoms. The van der Waals surface area contributed by atoms with Crippen LogP contribution in [0.4, 0.5) is 0 Å². The molecule has 0 unspecified atom stereocenters. The van der Waals surface area contributed by atoms with E-state index < -0.39 is 0 Å². The highest BCUT2D eigenvalue weighted by atomic mass is 35.5. The minimum atomic E-state index is 0.229.